The van der Waals surface area contributed by atoms with Crippen LogP contribution >= 0.6 is 0 Å². The quantitative estimate of drug-likeness (QED) is 0.106. The Balaban J connectivity index is 0.940. The van der Waals surface area contributed by atoms with Crippen molar-refractivity contribution in [1.82, 2.24) is 0 Å². The van der Waals surface area contributed by atoms with Gasteiger partial charge in [0, 0.05) is 5.41 Å². The minimum atomic E-state index is -1.84. The molecule has 0 amide bonds. The van der Waals surface area contributed by atoms with Crippen LogP contribution in [0, 0.1) is 50.2 Å². The number of hydrogen-bond donors (Lipinski definition) is 11. The summed E-state index contributed by atoms with van der Waals surface area (Å²) in [6.45, 7) is 13.9. The van der Waals surface area contributed by atoms with Crippen LogP contribution in [0.1, 0.15) is 113 Å². The summed E-state index contributed by atoms with van der Waals surface area (Å²) < 4.78 is 35.4. The summed E-state index contributed by atoms with van der Waals surface area (Å²) in [6, 6.07) is 0. The second kappa shape index (κ2) is 18.0. The molecule has 3 heterocycles. The number of allylic oxidation sites excluding steroid dienone is 2. The molecule has 3 saturated heterocycles. The zero-order valence-electron chi connectivity index (χ0n) is 39.5. The maximum Gasteiger partial charge on any atom is 0.310 e. The molecule has 0 unspecified atom stereocenters. The Morgan fingerprint density at radius 3 is 1.94 bits per heavy atom. The lowest BCUT2D eigenvalue weighted by Crippen LogP contribution is -2.67. The molecule has 0 aromatic heterocycles. The lowest BCUT2D eigenvalue weighted by atomic mass is 9.33. The predicted octanol–water partition coefficient (Wildman–Crippen LogP) is 0.706. The summed E-state index contributed by atoms with van der Waals surface area (Å²) in [6.07, 6.45) is -13.7. The minimum absolute atomic E-state index is 0.00159. The molecular formula is C48H78O18. The van der Waals surface area contributed by atoms with E-state index in [-0.39, 0.29) is 46.0 Å². The highest BCUT2D eigenvalue weighted by molar-refractivity contribution is 5.76. The number of hydrogen-bond acceptors (Lipinski definition) is 17. The molecule has 0 spiro atoms. The van der Waals surface area contributed by atoms with Crippen LogP contribution in [-0.2, 0) is 33.2 Å². The molecule has 8 aliphatic rings. The number of aliphatic carboxylic acids is 1. The fraction of sp³-hybridized carbons (Fsp3) is 0.938. The normalized spacial score (nSPS) is 54.8. The van der Waals surface area contributed by atoms with Crippen molar-refractivity contribution in [3.63, 3.8) is 0 Å². The smallest absolute Gasteiger partial charge is 0.310 e. The topological polar surface area (TPSA) is 295 Å². The van der Waals surface area contributed by atoms with Crippen LogP contribution in [0.3, 0.4) is 0 Å². The molecule has 0 aromatic carbocycles. The maximum atomic E-state index is 13.1. The van der Waals surface area contributed by atoms with Gasteiger partial charge in [0.15, 0.2) is 18.9 Å². The van der Waals surface area contributed by atoms with Gasteiger partial charge >= 0.3 is 5.97 Å². The second-order valence-electron chi connectivity index (χ2n) is 23.3. The van der Waals surface area contributed by atoms with Crippen LogP contribution in [0.2, 0.25) is 0 Å². The molecule has 18 heteroatoms. The monoisotopic (exact) mass is 943 g/mol. The van der Waals surface area contributed by atoms with Gasteiger partial charge in [-0.3, -0.25) is 4.79 Å². The molecule has 4 saturated carbocycles. The zero-order chi connectivity index (χ0) is 48.3. The van der Waals surface area contributed by atoms with Gasteiger partial charge in [0.1, 0.15) is 67.1 Å². The number of rotatable bonds is 10. The highest BCUT2D eigenvalue weighted by atomic mass is 16.8. The van der Waals surface area contributed by atoms with E-state index in [4.69, 9.17) is 28.4 Å². The Labute approximate surface area is 387 Å². The van der Waals surface area contributed by atoms with E-state index in [2.05, 4.69) is 40.7 Å². The van der Waals surface area contributed by atoms with Gasteiger partial charge in [-0.25, -0.2) is 0 Å². The summed E-state index contributed by atoms with van der Waals surface area (Å²) in [4.78, 5) is 13.1. The molecule has 24 atom stereocenters. The predicted molar refractivity (Wildman–Crippen MR) is 231 cm³/mol. The molecule has 18 nitrogen and oxygen atoms in total. The van der Waals surface area contributed by atoms with Crippen molar-refractivity contribution in [2.75, 3.05) is 19.8 Å². The average Bonchev–Trinajstić information content (AvgIpc) is 3.27. The largest absolute Gasteiger partial charge is 0.481 e. The first-order chi connectivity index (χ1) is 30.8. The Bertz CT molecular complexity index is 1800. The summed E-state index contributed by atoms with van der Waals surface area (Å²) >= 11 is 0. The van der Waals surface area contributed by atoms with Gasteiger partial charge in [0.2, 0.25) is 0 Å². The Hall–Kier alpha value is -1.43. The van der Waals surface area contributed by atoms with Crippen molar-refractivity contribution in [2.24, 2.45) is 50.2 Å². The lowest BCUT2D eigenvalue weighted by molar-refractivity contribution is -0.370. The first-order valence-corrected chi connectivity index (χ1v) is 24.3. The molecule has 11 N–H and O–H groups in total. The molecule has 8 rings (SSSR count). The van der Waals surface area contributed by atoms with E-state index < -0.39 is 128 Å². The Morgan fingerprint density at radius 2 is 1.29 bits per heavy atom. The van der Waals surface area contributed by atoms with E-state index in [1.165, 1.54) is 5.57 Å². The van der Waals surface area contributed by atoms with Gasteiger partial charge in [-0.2, -0.15) is 0 Å². The summed E-state index contributed by atoms with van der Waals surface area (Å²) in [5.74, 6) is -0.355. The van der Waals surface area contributed by atoms with Crippen LogP contribution < -0.4 is 0 Å². The highest BCUT2D eigenvalue weighted by Gasteiger charge is 2.70. The standard InChI is InChI=1S/C48H78O18/c1-22-38(66-41-36(57)33(54)31(52)26(64-41)20-61-39-35(56)32(53)30(51)25(19-49)63-39)34(55)37(58)40(62-22)65-29-11-12-44(4)27(45(29,5)21-50)10-13-47(7)28(44)9-8-23-24-18-43(2,3)14-16-48(24,42(59)60)17-15-46(23,47)6/h8,22,24-41,49-58H,9-21H2,1-7H3,(H,59,60)/t22-,24-,25+,26+,27+,28+,29-,30+,31+,32-,33-,34-,35+,36+,37+,38-,39+,40-,41-,44-,45-,46+,47+,48-/m0/s1. The third kappa shape index (κ3) is 7.87. The average molecular weight is 943 g/mol. The van der Waals surface area contributed by atoms with Crippen molar-refractivity contribution in [2.45, 2.75) is 211 Å². The van der Waals surface area contributed by atoms with E-state index in [9.17, 15) is 61.0 Å². The van der Waals surface area contributed by atoms with Crippen LogP contribution in [0.4, 0.5) is 0 Å². The van der Waals surface area contributed by atoms with Crippen molar-refractivity contribution >= 4 is 5.97 Å². The van der Waals surface area contributed by atoms with Crippen molar-refractivity contribution in [3.05, 3.63) is 11.6 Å². The van der Waals surface area contributed by atoms with Crippen LogP contribution in [-0.4, -0.2) is 180 Å². The number of carbonyl (C=O) groups is 1. The molecular weight excluding hydrogens is 865 g/mol. The fourth-order valence-corrected chi connectivity index (χ4v) is 15.0. The highest BCUT2D eigenvalue weighted by Crippen LogP contribution is 2.76. The van der Waals surface area contributed by atoms with Crippen molar-refractivity contribution in [1.29, 1.82) is 0 Å². The van der Waals surface area contributed by atoms with Gasteiger partial charge in [-0.15, -0.1) is 0 Å². The first kappa shape index (κ1) is 50.9. The van der Waals surface area contributed by atoms with E-state index in [0.717, 1.165) is 44.9 Å². The van der Waals surface area contributed by atoms with Crippen molar-refractivity contribution < 1.29 is 89.4 Å². The van der Waals surface area contributed by atoms with E-state index in [1.807, 2.05) is 6.92 Å². The number of aliphatic hydroxyl groups is 10. The second-order valence-corrected chi connectivity index (χ2v) is 23.3. The molecule has 66 heavy (non-hydrogen) atoms. The first-order valence-electron chi connectivity index (χ1n) is 24.3. The number of carboxylic acids is 1. The molecule has 5 aliphatic carbocycles. The van der Waals surface area contributed by atoms with Crippen LogP contribution in [0.25, 0.3) is 0 Å². The molecule has 0 aromatic rings. The van der Waals surface area contributed by atoms with Gasteiger partial charge < -0.3 is 84.6 Å². The van der Waals surface area contributed by atoms with E-state index >= 15 is 0 Å². The summed E-state index contributed by atoms with van der Waals surface area (Å²) in [7, 11) is 0. The van der Waals surface area contributed by atoms with Gasteiger partial charge in [0.25, 0.3) is 0 Å². The van der Waals surface area contributed by atoms with E-state index in [0.29, 0.717) is 19.3 Å². The molecule has 378 valence electrons. The third-order valence-corrected chi connectivity index (χ3v) is 19.5. The fourth-order valence-electron chi connectivity index (χ4n) is 15.0. The molecule has 0 bridgehead atoms. The van der Waals surface area contributed by atoms with Gasteiger partial charge in [0.05, 0.1) is 37.4 Å². The van der Waals surface area contributed by atoms with E-state index in [1.54, 1.807) is 6.92 Å². The Kier molecular flexibility index (Phi) is 13.9. The van der Waals surface area contributed by atoms with Gasteiger partial charge in [-0.05, 0) is 111 Å². The van der Waals surface area contributed by atoms with Crippen molar-refractivity contribution in [3.8, 4) is 0 Å². The number of fused-ring (bicyclic) bond motifs is 7. The third-order valence-electron chi connectivity index (χ3n) is 19.5. The summed E-state index contributed by atoms with van der Waals surface area (Å²) in [5, 5.41) is 118. The summed E-state index contributed by atoms with van der Waals surface area (Å²) in [5.41, 5.74) is -0.539. The number of aliphatic hydroxyl groups excluding tert-OH is 10. The minimum Gasteiger partial charge on any atom is -0.481 e. The molecule has 7 fully saturated rings. The zero-order valence-corrected chi connectivity index (χ0v) is 39.5. The van der Waals surface area contributed by atoms with Crippen LogP contribution in [0.5, 0.6) is 0 Å². The Morgan fingerprint density at radius 1 is 0.682 bits per heavy atom. The molecule has 3 aliphatic heterocycles. The van der Waals surface area contributed by atoms with Gasteiger partial charge in [-0.1, -0.05) is 53.2 Å². The SMILES string of the molecule is C[C@@H]1O[C@@H](O[C@H]2CC[C@@]3(C)[C@@H](CC[C@]4(C)[C@@H]3CC=C3[C@@H]5CC(C)(C)CC[C@]5(C(=O)O)CC[C@]34C)[C@]2(C)CO)[C@H](O)[C@H](O)[C@H]1O[C@@H]1O[C@H](CO[C@@H]2O[C@H](CO)[C@@H](O)[C@H](O)[C@H]2O)[C@@H](O)[C@H](O)[C@H]1O. The lowest BCUT2D eigenvalue weighted by Gasteiger charge is -2.71. The maximum absolute atomic E-state index is 13.1. The number of carboxylic acid groups (broad SMARTS) is 1. The number of ether oxygens (including phenoxy) is 6. The molecule has 0 radical (unpaired) electrons. The van der Waals surface area contributed by atoms with Crippen LogP contribution in [0.15, 0.2) is 11.6 Å².